The molecule has 1 aliphatic heterocycles. The molecule has 2 rings (SSSR count). The van der Waals surface area contributed by atoms with Gasteiger partial charge < -0.3 is 19.6 Å². The lowest BCUT2D eigenvalue weighted by atomic mass is 9.97. The molecule has 2 amide bonds. The van der Waals surface area contributed by atoms with Crippen molar-refractivity contribution < 1.29 is 28.6 Å². The summed E-state index contributed by atoms with van der Waals surface area (Å²) in [5, 5.41) is 8.99. The predicted molar refractivity (Wildman–Crippen MR) is 95.8 cm³/mol. The molecular weight excluding hydrogens is 355 g/mol. The number of nitrogens with zero attached hydrogens (tertiary/aromatic N) is 2. The number of hydrogen-bond acceptors (Lipinski definition) is 4. The SMILES string of the molecule is COc1ccc(CCC(=O)N(C)CC(=O)N2CCC(C(=O)O)CC2)cc1F. The van der Waals surface area contributed by atoms with Crippen LogP contribution in [-0.4, -0.2) is 66.5 Å². The zero-order valence-corrected chi connectivity index (χ0v) is 15.6. The van der Waals surface area contributed by atoms with Crippen LogP contribution in [0.1, 0.15) is 24.8 Å². The van der Waals surface area contributed by atoms with Gasteiger partial charge in [-0.15, -0.1) is 0 Å². The van der Waals surface area contributed by atoms with Crippen molar-refractivity contribution in [3.63, 3.8) is 0 Å². The van der Waals surface area contributed by atoms with Gasteiger partial charge in [0.05, 0.1) is 19.6 Å². The predicted octanol–water partition coefficient (Wildman–Crippen LogP) is 1.55. The summed E-state index contributed by atoms with van der Waals surface area (Å²) in [6.45, 7) is 0.736. The normalized spacial score (nSPS) is 14.7. The number of hydrogen-bond donors (Lipinski definition) is 1. The molecule has 0 spiro atoms. The van der Waals surface area contributed by atoms with Crippen molar-refractivity contribution in [1.29, 1.82) is 0 Å². The molecule has 0 atom stereocenters. The van der Waals surface area contributed by atoms with Gasteiger partial charge in [0.25, 0.3) is 0 Å². The van der Waals surface area contributed by atoms with E-state index in [0.717, 1.165) is 0 Å². The molecule has 1 N–H and O–H groups in total. The zero-order valence-electron chi connectivity index (χ0n) is 15.6. The minimum atomic E-state index is -0.829. The van der Waals surface area contributed by atoms with E-state index in [4.69, 9.17) is 9.84 Å². The zero-order chi connectivity index (χ0) is 20.0. The summed E-state index contributed by atoms with van der Waals surface area (Å²) in [5.74, 6) is -1.96. The number of rotatable bonds is 7. The van der Waals surface area contributed by atoms with Crippen molar-refractivity contribution in [2.45, 2.75) is 25.7 Å². The maximum Gasteiger partial charge on any atom is 0.306 e. The lowest BCUT2D eigenvalue weighted by Gasteiger charge is -2.31. The number of carbonyl (C=O) groups is 3. The number of aryl methyl sites for hydroxylation is 1. The van der Waals surface area contributed by atoms with Gasteiger partial charge in [0.15, 0.2) is 11.6 Å². The number of aliphatic carboxylic acids is 1. The molecule has 0 radical (unpaired) electrons. The summed E-state index contributed by atoms with van der Waals surface area (Å²) in [6.07, 6.45) is 1.39. The van der Waals surface area contributed by atoms with Crippen LogP contribution in [0.15, 0.2) is 18.2 Å². The maximum absolute atomic E-state index is 13.7. The molecule has 0 unspecified atom stereocenters. The first kappa shape index (κ1) is 20.7. The number of carbonyl (C=O) groups excluding carboxylic acids is 2. The van der Waals surface area contributed by atoms with Crippen molar-refractivity contribution >= 4 is 17.8 Å². The lowest BCUT2D eigenvalue weighted by molar-refractivity contribution is -0.146. The Hall–Kier alpha value is -2.64. The number of halogens is 1. The Balaban J connectivity index is 1.79. The fraction of sp³-hybridized carbons (Fsp3) is 0.526. The van der Waals surface area contributed by atoms with Gasteiger partial charge in [0.2, 0.25) is 11.8 Å². The maximum atomic E-state index is 13.7. The summed E-state index contributed by atoms with van der Waals surface area (Å²) in [7, 11) is 2.94. The highest BCUT2D eigenvalue weighted by molar-refractivity contribution is 5.85. The third-order valence-corrected chi connectivity index (χ3v) is 4.84. The van der Waals surface area contributed by atoms with Crippen LogP contribution in [0.25, 0.3) is 0 Å². The molecule has 8 heteroatoms. The van der Waals surface area contributed by atoms with Gasteiger partial charge in [-0.2, -0.15) is 0 Å². The molecule has 148 valence electrons. The van der Waals surface area contributed by atoms with Gasteiger partial charge in [-0.3, -0.25) is 14.4 Å². The van der Waals surface area contributed by atoms with Crippen LogP contribution in [0.4, 0.5) is 4.39 Å². The van der Waals surface area contributed by atoms with E-state index in [-0.39, 0.29) is 30.5 Å². The topological polar surface area (TPSA) is 87.2 Å². The number of likely N-dealkylation sites (N-methyl/N-ethyl adjacent to an activating group) is 1. The number of carboxylic acid groups (broad SMARTS) is 1. The van der Waals surface area contributed by atoms with Crippen molar-refractivity contribution in [2.75, 3.05) is 33.8 Å². The molecule has 1 heterocycles. The molecular formula is C19H25FN2O5. The summed E-state index contributed by atoms with van der Waals surface area (Å²) in [6, 6.07) is 4.56. The largest absolute Gasteiger partial charge is 0.494 e. The quantitative estimate of drug-likeness (QED) is 0.776. The molecule has 0 aromatic heterocycles. The number of amides is 2. The second kappa shape index (κ2) is 9.34. The van der Waals surface area contributed by atoms with Crippen molar-refractivity contribution in [1.82, 2.24) is 9.80 Å². The molecule has 1 fully saturated rings. The van der Waals surface area contributed by atoms with Gasteiger partial charge in [-0.1, -0.05) is 6.07 Å². The number of methoxy groups -OCH3 is 1. The number of ether oxygens (including phenoxy) is 1. The third-order valence-electron chi connectivity index (χ3n) is 4.84. The fourth-order valence-corrected chi connectivity index (χ4v) is 3.07. The summed E-state index contributed by atoms with van der Waals surface area (Å²) in [5.41, 5.74) is 0.678. The van der Waals surface area contributed by atoms with E-state index in [2.05, 4.69) is 0 Å². The first-order valence-corrected chi connectivity index (χ1v) is 8.88. The highest BCUT2D eigenvalue weighted by Crippen LogP contribution is 2.19. The van der Waals surface area contributed by atoms with Crippen LogP contribution < -0.4 is 4.74 Å². The minimum absolute atomic E-state index is 0.0481. The fourth-order valence-electron chi connectivity index (χ4n) is 3.07. The van der Waals surface area contributed by atoms with Gasteiger partial charge in [0.1, 0.15) is 0 Å². The average molecular weight is 380 g/mol. The standard InChI is InChI=1S/C19H25FN2O5/c1-21(12-18(24)22-9-7-14(8-10-22)19(25)26)17(23)6-4-13-3-5-16(27-2)15(20)11-13/h3,5,11,14H,4,6-10,12H2,1-2H3,(H,25,26). The van der Waals surface area contributed by atoms with Crippen LogP contribution in [-0.2, 0) is 20.8 Å². The number of carboxylic acids is 1. The monoisotopic (exact) mass is 380 g/mol. The van der Waals surface area contributed by atoms with Crippen molar-refractivity contribution in [3.8, 4) is 5.75 Å². The van der Waals surface area contributed by atoms with Crippen LogP contribution in [0, 0.1) is 11.7 Å². The smallest absolute Gasteiger partial charge is 0.306 e. The second-order valence-corrected chi connectivity index (χ2v) is 6.71. The Morgan fingerprint density at radius 3 is 2.52 bits per heavy atom. The number of benzene rings is 1. The van der Waals surface area contributed by atoms with Crippen LogP contribution in [0.2, 0.25) is 0 Å². The Morgan fingerprint density at radius 2 is 1.96 bits per heavy atom. The number of piperidine rings is 1. The molecule has 27 heavy (non-hydrogen) atoms. The first-order chi connectivity index (χ1) is 12.8. The molecule has 1 aromatic carbocycles. The highest BCUT2D eigenvalue weighted by atomic mass is 19.1. The van der Waals surface area contributed by atoms with E-state index in [0.29, 0.717) is 37.9 Å². The summed E-state index contributed by atoms with van der Waals surface area (Å²) in [4.78, 5) is 38.5. The highest BCUT2D eigenvalue weighted by Gasteiger charge is 2.27. The third kappa shape index (κ3) is 5.67. The van der Waals surface area contributed by atoms with E-state index in [1.54, 1.807) is 18.0 Å². The van der Waals surface area contributed by atoms with Crippen molar-refractivity contribution in [2.24, 2.45) is 5.92 Å². The van der Waals surface area contributed by atoms with E-state index < -0.39 is 17.7 Å². The van der Waals surface area contributed by atoms with Gasteiger partial charge in [0, 0.05) is 26.6 Å². The molecule has 0 bridgehead atoms. The Kier molecular flexibility index (Phi) is 7.15. The van der Waals surface area contributed by atoms with E-state index in [1.807, 2.05) is 0 Å². The Morgan fingerprint density at radius 1 is 1.30 bits per heavy atom. The van der Waals surface area contributed by atoms with Gasteiger partial charge >= 0.3 is 5.97 Å². The molecule has 1 aromatic rings. The lowest BCUT2D eigenvalue weighted by Crippen LogP contribution is -2.45. The molecule has 0 aliphatic carbocycles. The first-order valence-electron chi connectivity index (χ1n) is 8.88. The average Bonchev–Trinajstić information content (AvgIpc) is 2.66. The van der Waals surface area contributed by atoms with Crippen LogP contribution >= 0.6 is 0 Å². The van der Waals surface area contributed by atoms with E-state index >= 15 is 0 Å². The van der Waals surface area contributed by atoms with E-state index in [9.17, 15) is 18.8 Å². The summed E-state index contributed by atoms with van der Waals surface area (Å²) >= 11 is 0. The summed E-state index contributed by atoms with van der Waals surface area (Å²) < 4.78 is 18.5. The molecule has 1 saturated heterocycles. The van der Waals surface area contributed by atoms with Gasteiger partial charge in [-0.05, 0) is 37.0 Å². The molecule has 1 aliphatic rings. The number of likely N-dealkylation sites (tertiary alicyclic amines) is 1. The Labute approximate surface area is 157 Å². The van der Waals surface area contributed by atoms with Crippen LogP contribution in [0.3, 0.4) is 0 Å². The Bertz CT molecular complexity index is 701. The minimum Gasteiger partial charge on any atom is -0.494 e. The molecule has 0 saturated carbocycles. The van der Waals surface area contributed by atoms with Crippen LogP contribution in [0.5, 0.6) is 5.75 Å². The van der Waals surface area contributed by atoms with E-state index in [1.165, 1.54) is 24.1 Å². The molecule has 7 nitrogen and oxygen atoms in total. The van der Waals surface area contributed by atoms with Gasteiger partial charge in [-0.25, -0.2) is 4.39 Å². The van der Waals surface area contributed by atoms with Crippen molar-refractivity contribution in [3.05, 3.63) is 29.6 Å². The second-order valence-electron chi connectivity index (χ2n) is 6.71.